The largest absolute Gasteiger partial charge is 0.370 e. The summed E-state index contributed by atoms with van der Waals surface area (Å²) >= 11 is 0. The van der Waals surface area contributed by atoms with Gasteiger partial charge in [0.05, 0.1) is 19.3 Å². The third kappa shape index (κ3) is 5.82. The Morgan fingerprint density at radius 3 is 2.84 bits per heavy atom. The molecule has 8 heteroatoms. The lowest BCUT2D eigenvalue weighted by Crippen LogP contribution is -2.48. The van der Waals surface area contributed by atoms with E-state index in [1.54, 1.807) is 0 Å². The molecule has 1 aromatic heterocycles. The number of halogens is 1. The van der Waals surface area contributed by atoms with Gasteiger partial charge in [0.15, 0.2) is 5.96 Å². The van der Waals surface area contributed by atoms with Crippen LogP contribution in [0.4, 0.5) is 0 Å². The number of aromatic nitrogens is 2. The third-order valence-electron chi connectivity index (χ3n) is 4.81. The van der Waals surface area contributed by atoms with E-state index in [4.69, 9.17) is 4.74 Å². The SMILES string of the molecule is CN=C(NCCCN1CCCC1)N1CCOC(c2cnn(C)c2)C1.I. The van der Waals surface area contributed by atoms with Gasteiger partial charge in [0, 0.05) is 38.9 Å². The third-order valence-corrected chi connectivity index (χ3v) is 4.81. The molecule has 3 heterocycles. The molecule has 2 aliphatic heterocycles. The number of hydrogen-bond donors (Lipinski definition) is 1. The molecular weight excluding hydrogens is 431 g/mol. The minimum absolute atomic E-state index is 0. The Kier molecular flexibility index (Phi) is 8.44. The van der Waals surface area contributed by atoms with Crippen molar-refractivity contribution in [2.24, 2.45) is 12.0 Å². The van der Waals surface area contributed by atoms with Crippen LogP contribution in [-0.4, -0.2) is 78.5 Å². The Labute approximate surface area is 167 Å². The molecule has 0 aromatic carbocycles. The molecule has 0 spiro atoms. The van der Waals surface area contributed by atoms with Crippen molar-refractivity contribution < 1.29 is 4.74 Å². The second-order valence-electron chi connectivity index (χ2n) is 6.63. The van der Waals surface area contributed by atoms with Crippen LogP contribution in [0.2, 0.25) is 0 Å². The van der Waals surface area contributed by atoms with Gasteiger partial charge in [-0.05, 0) is 38.9 Å². The molecule has 2 aliphatic rings. The van der Waals surface area contributed by atoms with Gasteiger partial charge in [0.25, 0.3) is 0 Å². The van der Waals surface area contributed by atoms with Crippen molar-refractivity contribution in [3.05, 3.63) is 18.0 Å². The van der Waals surface area contributed by atoms with E-state index in [0.29, 0.717) is 6.61 Å². The van der Waals surface area contributed by atoms with E-state index in [9.17, 15) is 0 Å². The second-order valence-corrected chi connectivity index (χ2v) is 6.63. The fraction of sp³-hybridized carbons (Fsp3) is 0.765. The van der Waals surface area contributed by atoms with Crippen LogP contribution < -0.4 is 5.32 Å². The molecule has 7 nitrogen and oxygen atoms in total. The normalized spacial score (nSPS) is 22.1. The minimum atomic E-state index is 0. The van der Waals surface area contributed by atoms with Crippen molar-refractivity contribution in [2.45, 2.75) is 25.4 Å². The summed E-state index contributed by atoms with van der Waals surface area (Å²) in [5.41, 5.74) is 1.13. The zero-order valence-corrected chi connectivity index (χ0v) is 17.7. The standard InChI is InChI=1S/C17H30N6O.HI/c1-18-17(19-6-5-9-22-7-3-4-8-22)23-10-11-24-16(14-23)15-12-20-21(2)13-15;/h12-13,16H,3-11,14H2,1-2H3,(H,18,19);1H. The van der Waals surface area contributed by atoms with E-state index in [0.717, 1.165) is 37.6 Å². The van der Waals surface area contributed by atoms with Gasteiger partial charge in [-0.1, -0.05) is 0 Å². The first kappa shape index (κ1) is 20.4. The van der Waals surface area contributed by atoms with Gasteiger partial charge in [0.2, 0.25) is 0 Å². The summed E-state index contributed by atoms with van der Waals surface area (Å²) < 4.78 is 7.73. The molecule has 0 aliphatic carbocycles. The Balaban J connectivity index is 0.00000225. The van der Waals surface area contributed by atoms with Gasteiger partial charge in [-0.2, -0.15) is 5.10 Å². The number of ether oxygens (including phenoxy) is 1. The highest BCUT2D eigenvalue weighted by atomic mass is 127. The van der Waals surface area contributed by atoms with Crippen LogP contribution in [-0.2, 0) is 11.8 Å². The lowest BCUT2D eigenvalue weighted by Gasteiger charge is -2.34. The van der Waals surface area contributed by atoms with Crippen molar-refractivity contribution >= 4 is 29.9 Å². The van der Waals surface area contributed by atoms with Crippen LogP contribution in [0, 0.1) is 0 Å². The highest BCUT2D eigenvalue weighted by molar-refractivity contribution is 14.0. The van der Waals surface area contributed by atoms with Crippen LogP contribution in [0.25, 0.3) is 0 Å². The summed E-state index contributed by atoms with van der Waals surface area (Å²) in [6.07, 6.45) is 7.86. The summed E-state index contributed by atoms with van der Waals surface area (Å²) in [6, 6.07) is 0. The predicted molar refractivity (Wildman–Crippen MR) is 111 cm³/mol. The molecule has 3 rings (SSSR count). The van der Waals surface area contributed by atoms with Crippen molar-refractivity contribution in [1.29, 1.82) is 0 Å². The molecule has 1 N–H and O–H groups in total. The summed E-state index contributed by atoms with van der Waals surface area (Å²) in [5, 5.41) is 7.76. The highest BCUT2D eigenvalue weighted by Crippen LogP contribution is 2.21. The predicted octanol–water partition coefficient (Wildman–Crippen LogP) is 1.47. The number of nitrogens with zero attached hydrogens (tertiary/aromatic N) is 5. The number of rotatable bonds is 5. The van der Waals surface area contributed by atoms with Crippen molar-refractivity contribution in [3.63, 3.8) is 0 Å². The van der Waals surface area contributed by atoms with Crippen LogP contribution in [0.15, 0.2) is 17.4 Å². The van der Waals surface area contributed by atoms with Gasteiger partial charge in [-0.25, -0.2) is 0 Å². The first-order valence-corrected chi connectivity index (χ1v) is 9.04. The fourth-order valence-corrected chi connectivity index (χ4v) is 3.49. The highest BCUT2D eigenvalue weighted by Gasteiger charge is 2.25. The smallest absolute Gasteiger partial charge is 0.193 e. The van der Waals surface area contributed by atoms with E-state index in [1.807, 2.05) is 31.2 Å². The maximum atomic E-state index is 5.91. The lowest BCUT2D eigenvalue weighted by molar-refractivity contribution is -0.00802. The average molecular weight is 462 g/mol. The molecule has 2 fully saturated rings. The lowest BCUT2D eigenvalue weighted by atomic mass is 10.1. The van der Waals surface area contributed by atoms with Crippen LogP contribution in [0.3, 0.4) is 0 Å². The Morgan fingerprint density at radius 1 is 1.36 bits per heavy atom. The van der Waals surface area contributed by atoms with E-state index in [2.05, 4.69) is 25.2 Å². The average Bonchev–Trinajstić information content (AvgIpc) is 3.27. The maximum Gasteiger partial charge on any atom is 0.193 e. The van der Waals surface area contributed by atoms with Gasteiger partial charge in [-0.3, -0.25) is 9.67 Å². The van der Waals surface area contributed by atoms with E-state index >= 15 is 0 Å². The topological polar surface area (TPSA) is 57.9 Å². The second kappa shape index (κ2) is 10.3. The number of aliphatic imine (C=N–C) groups is 1. The van der Waals surface area contributed by atoms with E-state index in [1.165, 1.54) is 32.5 Å². The molecule has 142 valence electrons. The number of likely N-dealkylation sites (tertiary alicyclic amines) is 1. The fourth-order valence-electron chi connectivity index (χ4n) is 3.49. The zero-order chi connectivity index (χ0) is 16.8. The van der Waals surface area contributed by atoms with Gasteiger partial charge >= 0.3 is 0 Å². The maximum absolute atomic E-state index is 5.91. The molecule has 1 unspecified atom stereocenters. The number of morpholine rings is 1. The molecule has 1 atom stereocenters. The van der Waals surface area contributed by atoms with Crippen molar-refractivity contribution in [1.82, 2.24) is 24.9 Å². The molecule has 0 radical (unpaired) electrons. The van der Waals surface area contributed by atoms with Crippen LogP contribution >= 0.6 is 24.0 Å². The summed E-state index contributed by atoms with van der Waals surface area (Å²) in [5.74, 6) is 0.980. The number of nitrogens with one attached hydrogen (secondary N) is 1. The van der Waals surface area contributed by atoms with E-state index < -0.39 is 0 Å². The Hall–Kier alpha value is -0.870. The Morgan fingerprint density at radius 2 is 2.16 bits per heavy atom. The minimum Gasteiger partial charge on any atom is -0.370 e. The molecule has 1 aromatic rings. The molecule has 0 saturated carbocycles. The zero-order valence-electron chi connectivity index (χ0n) is 15.4. The first-order chi connectivity index (χ1) is 11.8. The van der Waals surface area contributed by atoms with Crippen molar-refractivity contribution in [3.8, 4) is 0 Å². The Bertz CT molecular complexity index is 543. The summed E-state index contributed by atoms with van der Waals surface area (Å²) in [6.45, 7) is 7.10. The first-order valence-electron chi connectivity index (χ1n) is 9.04. The molecule has 0 amide bonds. The number of hydrogen-bond acceptors (Lipinski definition) is 4. The summed E-state index contributed by atoms with van der Waals surface area (Å²) in [7, 11) is 3.79. The monoisotopic (exact) mass is 462 g/mol. The number of guanidine groups is 1. The van der Waals surface area contributed by atoms with Gasteiger partial charge in [-0.15, -0.1) is 24.0 Å². The van der Waals surface area contributed by atoms with Crippen molar-refractivity contribution in [2.75, 3.05) is 52.9 Å². The molecule has 0 bridgehead atoms. The molecule has 25 heavy (non-hydrogen) atoms. The molecular formula is C17H31IN6O. The van der Waals surface area contributed by atoms with Gasteiger partial charge < -0.3 is 19.9 Å². The quantitative estimate of drug-likeness (QED) is 0.311. The van der Waals surface area contributed by atoms with Crippen LogP contribution in [0.5, 0.6) is 0 Å². The summed E-state index contributed by atoms with van der Waals surface area (Å²) in [4.78, 5) is 9.30. The number of aryl methyl sites for hydroxylation is 1. The van der Waals surface area contributed by atoms with Gasteiger partial charge in [0.1, 0.15) is 6.10 Å². The molecule has 2 saturated heterocycles. The van der Waals surface area contributed by atoms with Crippen LogP contribution in [0.1, 0.15) is 30.9 Å². The van der Waals surface area contributed by atoms with E-state index in [-0.39, 0.29) is 30.1 Å².